The molecule has 4 amide bonds. The number of carbonyl (C=O) groups is 3. The fourth-order valence-electron chi connectivity index (χ4n) is 2.86. The number of nitrogens with zero attached hydrogens (tertiary/aromatic N) is 3. The van der Waals surface area contributed by atoms with Crippen LogP contribution in [0, 0.1) is 5.92 Å². The summed E-state index contributed by atoms with van der Waals surface area (Å²) >= 11 is 0. The first kappa shape index (κ1) is 16.6. The SMILES string of the molecule is CN(C)CCN=CC1C(=O)NC(=O)N(C2CCCCC2)C1=O. The highest BCUT2D eigenvalue weighted by Gasteiger charge is 2.42. The first-order valence-electron chi connectivity index (χ1n) is 7.83. The molecule has 1 saturated carbocycles. The molecule has 0 spiro atoms. The van der Waals surface area contributed by atoms with E-state index in [-0.39, 0.29) is 6.04 Å². The van der Waals surface area contributed by atoms with Crippen molar-refractivity contribution in [3.63, 3.8) is 0 Å². The minimum atomic E-state index is -0.984. The minimum absolute atomic E-state index is 0.0907. The summed E-state index contributed by atoms with van der Waals surface area (Å²) in [5, 5.41) is 2.28. The van der Waals surface area contributed by atoms with Crippen LogP contribution in [-0.4, -0.2) is 67.1 Å². The largest absolute Gasteiger partial charge is 0.331 e. The molecule has 1 atom stereocenters. The number of nitrogens with one attached hydrogen (secondary N) is 1. The number of hydrogen-bond donors (Lipinski definition) is 1. The standard InChI is InChI=1S/C15H24N4O3/c1-18(2)9-8-16-10-12-13(20)17-15(22)19(14(12)21)11-6-4-3-5-7-11/h10-12H,3-9H2,1-2H3,(H,17,20,22). The number of barbiturate groups is 1. The van der Waals surface area contributed by atoms with Gasteiger partial charge < -0.3 is 4.90 Å². The molecule has 0 aromatic carbocycles. The van der Waals surface area contributed by atoms with Crippen molar-refractivity contribution in [2.75, 3.05) is 27.2 Å². The molecule has 122 valence electrons. The molecule has 1 aliphatic heterocycles. The predicted molar refractivity (Wildman–Crippen MR) is 82.7 cm³/mol. The molecule has 2 rings (SSSR count). The molecule has 22 heavy (non-hydrogen) atoms. The molecule has 0 aromatic rings. The maximum atomic E-state index is 12.5. The highest BCUT2D eigenvalue weighted by atomic mass is 16.2. The molecule has 1 aliphatic carbocycles. The minimum Gasteiger partial charge on any atom is -0.308 e. The van der Waals surface area contributed by atoms with Crippen LogP contribution in [0.3, 0.4) is 0 Å². The summed E-state index contributed by atoms with van der Waals surface area (Å²) in [4.78, 5) is 43.8. The van der Waals surface area contributed by atoms with Crippen molar-refractivity contribution >= 4 is 24.1 Å². The van der Waals surface area contributed by atoms with Gasteiger partial charge in [0.1, 0.15) is 0 Å². The van der Waals surface area contributed by atoms with Crippen molar-refractivity contribution < 1.29 is 14.4 Å². The molecule has 2 aliphatic rings. The van der Waals surface area contributed by atoms with Crippen LogP contribution in [0.5, 0.6) is 0 Å². The van der Waals surface area contributed by atoms with E-state index >= 15 is 0 Å². The summed E-state index contributed by atoms with van der Waals surface area (Å²) in [5.41, 5.74) is 0. The monoisotopic (exact) mass is 308 g/mol. The Balaban J connectivity index is 2.04. The number of imide groups is 2. The lowest BCUT2D eigenvalue weighted by Gasteiger charge is -2.36. The van der Waals surface area contributed by atoms with Gasteiger partial charge in [-0.1, -0.05) is 19.3 Å². The molecule has 0 bridgehead atoms. The predicted octanol–water partition coefficient (Wildman–Crippen LogP) is 0.646. The van der Waals surface area contributed by atoms with Crippen molar-refractivity contribution in [2.45, 2.75) is 38.1 Å². The molecule has 0 aromatic heterocycles. The van der Waals surface area contributed by atoms with Crippen molar-refractivity contribution in [1.82, 2.24) is 15.1 Å². The number of amides is 4. The summed E-state index contributed by atoms with van der Waals surface area (Å²) in [6, 6.07) is -0.674. The van der Waals surface area contributed by atoms with Crippen molar-refractivity contribution in [3.05, 3.63) is 0 Å². The molecule has 1 unspecified atom stereocenters. The number of aliphatic imine (C=N–C) groups is 1. The van der Waals surface area contributed by atoms with Gasteiger partial charge in [0, 0.05) is 18.8 Å². The Morgan fingerprint density at radius 2 is 1.91 bits per heavy atom. The maximum Gasteiger partial charge on any atom is 0.331 e. The smallest absolute Gasteiger partial charge is 0.308 e. The molecular formula is C15H24N4O3. The quantitative estimate of drug-likeness (QED) is 0.597. The van der Waals surface area contributed by atoms with Gasteiger partial charge in [-0.25, -0.2) is 4.79 Å². The first-order valence-corrected chi connectivity index (χ1v) is 7.83. The van der Waals surface area contributed by atoms with Crippen LogP contribution >= 0.6 is 0 Å². The van der Waals surface area contributed by atoms with E-state index in [1.54, 1.807) is 0 Å². The fourth-order valence-corrected chi connectivity index (χ4v) is 2.86. The third-order valence-electron chi connectivity index (χ3n) is 4.11. The lowest BCUT2D eigenvalue weighted by atomic mass is 9.92. The average Bonchev–Trinajstić information content (AvgIpc) is 2.46. The zero-order valence-electron chi connectivity index (χ0n) is 13.2. The zero-order valence-corrected chi connectivity index (χ0v) is 13.2. The summed E-state index contributed by atoms with van der Waals surface area (Å²) in [6.07, 6.45) is 6.17. The third-order valence-corrected chi connectivity index (χ3v) is 4.11. The first-order chi connectivity index (χ1) is 10.5. The van der Waals surface area contributed by atoms with Crippen molar-refractivity contribution in [1.29, 1.82) is 0 Å². The van der Waals surface area contributed by atoms with E-state index in [2.05, 4.69) is 10.3 Å². The second kappa shape index (κ2) is 7.49. The second-order valence-corrected chi connectivity index (χ2v) is 6.13. The van der Waals surface area contributed by atoms with E-state index in [1.807, 2.05) is 19.0 Å². The van der Waals surface area contributed by atoms with E-state index in [1.165, 1.54) is 11.1 Å². The molecule has 7 heteroatoms. The van der Waals surface area contributed by atoms with Gasteiger partial charge in [-0.05, 0) is 26.9 Å². The van der Waals surface area contributed by atoms with E-state index in [0.717, 1.165) is 38.6 Å². The summed E-state index contributed by atoms with van der Waals surface area (Å²) in [5.74, 6) is -1.99. The molecule has 1 heterocycles. The van der Waals surface area contributed by atoms with E-state index < -0.39 is 23.8 Å². The Hall–Kier alpha value is -1.76. The normalized spacial score (nSPS) is 24.4. The van der Waals surface area contributed by atoms with Gasteiger partial charge in [-0.2, -0.15) is 0 Å². The lowest BCUT2D eigenvalue weighted by molar-refractivity contribution is -0.141. The van der Waals surface area contributed by atoms with Gasteiger partial charge in [-0.15, -0.1) is 0 Å². The van der Waals surface area contributed by atoms with E-state index in [4.69, 9.17) is 0 Å². The van der Waals surface area contributed by atoms with Crippen LogP contribution in [0.2, 0.25) is 0 Å². The van der Waals surface area contributed by atoms with Gasteiger partial charge >= 0.3 is 6.03 Å². The Labute approximate surface area is 130 Å². The van der Waals surface area contributed by atoms with Crippen LogP contribution in [-0.2, 0) is 9.59 Å². The van der Waals surface area contributed by atoms with Gasteiger partial charge in [-0.3, -0.25) is 24.8 Å². The number of likely N-dealkylation sites (N-methyl/N-ethyl adjacent to an activating group) is 1. The van der Waals surface area contributed by atoms with E-state index in [0.29, 0.717) is 6.54 Å². The van der Waals surface area contributed by atoms with Crippen LogP contribution in [0.15, 0.2) is 4.99 Å². The lowest BCUT2D eigenvalue weighted by Crippen LogP contribution is -2.61. The Morgan fingerprint density at radius 3 is 2.55 bits per heavy atom. The molecule has 7 nitrogen and oxygen atoms in total. The summed E-state index contributed by atoms with van der Waals surface area (Å²) in [7, 11) is 3.86. The highest BCUT2D eigenvalue weighted by Crippen LogP contribution is 2.25. The number of urea groups is 1. The zero-order chi connectivity index (χ0) is 16.1. The summed E-state index contributed by atoms with van der Waals surface area (Å²) in [6.45, 7) is 1.26. The van der Waals surface area contributed by atoms with Gasteiger partial charge in [0.15, 0.2) is 5.92 Å². The Kier molecular flexibility index (Phi) is 5.65. The average molecular weight is 308 g/mol. The number of rotatable bonds is 5. The van der Waals surface area contributed by atoms with E-state index in [9.17, 15) is 14.4 Å². The highest BCUT2D eigenvalue weighted by molar-refractivity contribution is 6.23. The fraction of sp³-hybridized carbons (Fsp3) is 0.733. The van der Waals surface area contributed by atoms with Crippen molar-refractivity contribution in [2.24, 2.45) is 10.9 Å². The van der Waals surface area contributed by atoms with Crippen LogP contribution in [0.25, 0.3) is 0 Å². The van der Waals surface area contributed by atoms with Gasteiger partial charge in [0.05, 0.1) is 6.54 Å². The molecule has 1 saturated heterocycles. The van der Waals surface area contributed by atoms with Crippen molar-refractivity contribution in [3.8, 4) is 0 Å². The third kappa shape index (κ3) is 3.91. The number of carbonyl (C=O) groups excluding carboxylic acids is 3. The van der Waals surface area contributed by atoms with Crippen LogP contribution in [0.4, 0.5) is 4.79 Å². The molecular weight excluding hydrogens is 284 g/mol. The number of hydrogen-bond acceptors (Lipinski definition) is 5. The van der Waals surface area contributed by atoms with Gasteiger partial charge in [0.25, 0.3) is 0 Å². The second-order valence-electron chi connectivity index (χ2n) is 6.13. The summed E-state index contributed by atoms with van der Waals surface area (Å²) < 4.78 is 0. The van der Waals surface area contributed by atoms with Crippen LogP contribution in [0.1, 0.15) is 32.1 Å². The Bertz CT molecular complexity index is 469. The van der Waals surface area contributed by atoms with Crippen LogP contribution < -0.4 is 5.32 Å². The topological polar surface area (TPSA) is 82.1 Å². The van der Waals surface area contributed by atoms with Gasteiger partial charge in [0.2, 0.25) is 11.8 Å². The Morgan fingerprint density at radius 1 is 1.23 bits per heavy atom. The molecule has 1 N–H and O–H groups in total. The molecule has 0 radical (unpaired) electrons. The molecule has 2 fully saturated rings. The maximum absolute atomic E-state index is 12.5.